The second kappa shape index (κ2) is 12.1. The van der Waals surface area contributed by atoms with Gasteiger partial charge in [-0.05, 0) is 109 Å². The van der Waals surface area contributed by atoms with Crippen LogP contribution in [0, 0.1) is 11.3 Å². The van der Waals surface area contributed by atoms with Crippen LogP contribution < -0.4 is 15.7 Å². The summed E-state index contributed by atoms with van der Waals surface area (Å²) in [6.45, 7) is 16.9. The van der Waals surface area contributed by atoms with E-state index < -0.39 is 5.60 Å². The predicted molar refractivity (Wildman–Crippen MR) is 170 cm³/mol. The molecule has 2 heterocycles. The van der Waals surface area contributed by atoms with Gasteiger partial charge in [0.05, 0.1) is 11.0 Å². The number of hydrogen-bond acceptors (Lipinski definition) is 4. The number of nitrogens with zero attached hydrogens (tertiary/aromatic N) is 1. The van der Waals surface area contributed by atoms with Crippen molar-refractivity contribution in [3.63, 3.8) is 0 Å². The quantitative estimate of drug-likeness (QED) is 0.243. The molecule has 0 aromatic heterocycles. The highest BCUT2D eigenvalue weighted by atomic mass is 32.1. The summed E-state index contributed by atoms with van der Waals surface area (Å²) in [6, 6.07) is 6.83. The molecular weight excluding hydrogens is 499 g/mol. The third kappa shape index (κ3) is 6.43. The molecule has 217 valence electrons. The lowest BCUT2D eigenvalue weighted by Crippen LogP contribution is -2.53. The van der Waals surface area contributed by atoms with Crippen LogP contribution in [-0.4, -0.2) is 42.9 Å². The summed E-state index contributed by atoms with van der Waals surface area (Å²) in [7, 11) is 1.84. The Bertz CT molecular complexity index is 988. The summed E-state index contributed by atoms with van der Waals surface area (Å²) >= 11 is 4.71. The van der Waals surface area contributed by atoms with Gasteiger partial charge in [-0.2, -0.15) is 12.6 Å². The lowest BCUT2D eigenvalue weighted by Gasteiger charge is -2.43. The summed E-state index contributed by atoms with van der Waals surface area (Å²) in [5.41, 5.74) is 3.44. The number of thiol groups is 1. The molecule has 1 radical (unpaired) electrons. The van der Waals surface area contributed by atoms with Crippen LogP contribution in [0.1, 0.15) is 125 Å². The fraction of sp³-hybridized carbons (Fsp3) is 0.788. The third-order valence-corrected chi connectivity index (χ3v) is 11.1. The van der Waals surface area contributed by atoms with Crippen molar-refractivity contribution < 1.29 is 9.45 Å². The standard InChI is InChI=1S/C25H38BN2O2S.C8H16/c1-6-7-17-14-19(15-17)28-21-16-18(26-30-23(2,3)24(4,5)31)8-9-20(21)25(22(28)29)10-12-27-13-11-25;1-3-5-8(4-2)6-7-8/h8-9,16-17,19,27,31H,6-7,10-15H2,1-5H3;3-7H2,1-2H3. The van der Waals surface area contributed by atoms with E-state index in [-0.39, 0.29) is 10.2 Å². The van der Waals surface area contributed by atoms with E-state index in [0.717, 1.165) is 61.3 Å². The van der Waals surface area contributed by atoms with Crippen molar-refractivity contribution in [3.8, 4) is 0 Å². The van der Waals surface area contributed by atoms with E-state index in [9.17, 15) is 4.79 Å². The van der Waals surface area contributed by atoms with Crippen LogP contribution >= 0.6 is 12.6 Å². The zero-order chi connectivity index (χ0) is 28.5. The molecule has 1 spiro atoms. The van der Waals surface area contributed by atoms with Gasteiger partial charge in [-0.1, -0.05) is 64.1 Å². The number of benzene rings is 1. The maximum absolute atomic E-state index is 13.8. The van der Waals surface area contributed by atoms with Crippen LogP contribution in [-0.2, 0) is 14.9 Å². The smallest absolute Gasteiger partial charge is 0.330 e. The van der Waals surface area contributed by atoms with Gasteiger partial charge < -0.3 is 14.9 Å². The average Bonchev–Trinajstić information content (AvgIpc) is 3.62. The molecular formula is C33H54BN2O2S. The van der Waals surface area contributed by atoms with Crippen LogP contribution in [0.25, 0.3) is 0 Å². The second-order valence-electron chi connectivity index (χ2n) is 14.0. The van der Waals surface area contributed by atoms with E-state index in [4.69, 9.17) is 17.3 Å². The minimum atomic E-state index is -0.414. The Morgan fingerprint density at radius 2 is 1.72 bits per heavy atom. The monoisotopic (exact) mass is 553 g/mol. The van der Waals surface area contributed by atoms with Gasteiger partial charge in [0.25, 0.3) is 0 Å². The first kappa shape index (κ1) is 31.0. The lowest BCUT2D eigenvalue weighted by molar-refractivity contribution is -0.125. The van der Waals surface area contributed by atoms with Gasteiger partial charge in [-0.25, -0.2) is 0 Å². The molecule has 2 saturated carbocycles. The predicted octanol–water partition coefficient (Wildman–Crippen LogP) is 6.96. The Hall–Kier alpha value is -0.975. The summed E-state index contributed by atoms with van der Waals surface area (Å²) in [4.78, 5) is 16.0. The molecule has 0 bridgehead atoms. The van der Waals surface area contributed by atoms with Crippen molar-refractivity contribution in [1.82, 2.24) is 5.32 Å². The Kier molecular flexibility index (Phi) is 9.61. The Labute approximate surface area is 245 Å². The van der Waals surface area contributed by atoms with E-state index in [2.05, 4.69) is 76.9 Å². The van der Waals surface area contributed by atoms with Gasteiger partial charge in [0, 0.05) is 16.5 Å². The molecule has 1 N–H and O–H groups in total. The molecule has 3 fully saturated rings. The molecule has 2 aliphatic heterocycles. The normalized spacial score (nSPS) is 25.0. The lowest BCUT2D eigenvalue weighted by atomic mass is 9.73. The topological polar surface area (TPSA) is 41.6 Å². The van der Waals surface area contributed by atoms with E-state index >= 15 is 0 Å². The van der Waals surface area contributed by atoms with Gasteiger partial charge in [0.2, 0.25) is 5.91 Å². The first-order valence-corrected chi connectivity index (χ1v) is 16.3. The average molecular weight is 554 g/mol. The van der Waals surface area contributed by atoms with Crippen molar-refractivity contribution in [2.75, 3.05) is 18.0 Å². The molecule has 4 aliphatic rings. The molecule has 0 unspecified atom stereocenters. The Morgan fingerprint density at radius 1 is 1.05 bits per heavy atom. The molecule has 4 nitrogen and oxygen atoms in total. The van der Waals surface area contributed by atoms with Crippen molar-refractivity contribution >= 4 is 37.2 Å². The van der Waals surface area contributed by atoms with E-state index in [1.807, 2.05) is 7.48 Å². The maximum atomic E-state index is 13.8. The molecule has 1 aromatic carbocycles. The van der Waals surface area contributed by atoms with E-state index in [0.29, 0.717) is 11.9 Å². The number of piperidine rings is 1. The summed E-state index contributed by atoms with van der Waals surface area (Å²) in [6.07, 6.45) is 13.9. The molecule has 1 saturated heterocycles. The number of carbonyl (C=O) groups excluding carboxylic acids is 1. The minimum Gasteiger partial charge on any atom is -0.428 e. The highest BCUT2D eigenvalue weighted by Gasteiger charge is 2.54. The van der Waals surface area contributed by atoms with Gasteiger partial charge in [-0.3, -0.25) is 4.79 Å². The molecule has 5 rings (SSSR count). The molecule has 2 aliphatic carbocycles. The summed E-state index contributed by atoms with van der Waals surface area (Å²) < 4.78 is 5.90. The summed E-state index contributed by atoms with van der Waals surface area (Å²) in [5, 5.41) is 3.44. The number of amides is 1. The Morgan fingerprint density at radius 3 is 2.23 bits per heavy atom. The number of rotatable bonds is 10. The van der Waals surface area contributed by atoms with Crippen LogP contribution in [0.3, 0.4) is 0 Å². The first-order chi connectivity index (χ1) is 18.4. The van der Waals surface area contributed by atoms with Crippen LogP contribution in [0.4, 0.5) is 5.69 Å². The largest absolute Gasteiger partial charge is 0.428 e. The van der Waals surface area contributed by atoms with Crippen LogP contribution in [0.15, 0.2) is 18.2 Å². The van der Waals surface area contributed by atoms with Crippen LogP contribution in [0.2, 0.25) is 0 Å². The zero-order valence-corrected chi connectivity index (χ0v) is 26.8. The van der Waals surface area contributed by atoms with Crippen molar-refractivity contribution in [3.05, 3.63) is 23.8 Å². The number of hydrogen-bond donors (Lipinski definition) is 2. The molecule has 1 aromatic rings. The van der Waals surface area contributed by atoms with Crippen LogP contribution in [0.5, 0.6) is 0 Å². The van der Waals surface area contributed by atoms with Gasteiger partial charge in [0.15, 0.2) is 0 Å². The maximum Gasteiger partial charge on any atom is 0.330 e. The third-order valence-electron chi connectivity index (χ3n) is 10.6. The molecule has 39 heavy (non-hydrogen) atoms. The SMILES string of the molecule is CCCC1(CC)CC1.CCCC1CC(N2C(=O)C3(CCNCC3)c3ccc([B]OC(C)(C)C(C)(C)S)cc32)C1. The molecule has 6 heteroatoms. The minimum absolute atomic E-state index is 0.276. The molecule has 1 amide bonds. The van der Waals surface area contributed by atoms with Gasteiger partial charge in [0.1, 0.15) is 0 Å². The zero-order valence-electron chi connectivity index (χ0n) is 25.9. The second-order valence-corrected chi connectivity index (χ2v) is 15.1. The Balaban J connectivity index is 0.000000379. The van der Waals surface area contributed by atoms with Gasteiger partial charge in [-0.15, -0.1) is 0 Å². The summed E-state index contributed by atoms with van der Waals surface area (Å²) in [5.74, 6) is 1.10. The highest BCUT2D eigenvalue weighted by Crippen LogP contribution is 2.52. The number of anilines is 1. The fourth-order valence-electron chi connectivity index (χ4n) is 6.78. The first-order valence-electron chi connectivity index (χ1n) is 15.8. The van der Waals surface area contributed by atoms with E-state index in [1.54, 1.807) is 0 Å². The fourth-order valence-corrected chi connectivity index (χ4v) is 6.84. The number of nitrogens with one attached hydrogen (secondary N) is 1. The molecule has 0 atom stereocenters. The van der Waals surface area contributed by atoms with Crippen molar-refractivity contribution in [2.24, 2.45) is 11.3 Å². The number of carbonyl (C=O) groups is 1. The van der Waals surface area contributed by atoms with Crippen molar-refractivity contribution in [1.29, 1.82) is 0 Å². The van der Waals surface area contributed by atoms with Crippen molar-refractivity contribution in [2.45, 2.75) is 141 Å². The highest BCUT2D eigenvalue weighted by molar-refractivity contribution is 7.81. The van der Waals surface area contributed by atoms with Gasteiger partial charge >= 0.3 is 7.48 Å². The van der Waals surface area contributed by atoms with E-state index in [1.165, 1.54) is 50.5 Å². The number of fused-ring (bicyclic) bond motifs is 2.